The second kappa shape index (κ2) is 5.49. The Hall–Kier alpha value is -1.40. The van der Waals surface area contributed by atoms with Crippen molar-refractivity contribution in [1.82, 2.24) is 10.2 Å². The second-order valence-corrected chi connectivity index (χ2v) is 4.91. The minimum absolute atomic E-state index is 0.00570. The Bertz CT molecular complexity index is 416. The van der Waals surface area contributed by atoms with Gasteiger partial charge in [0, 0.05) is 18.3 Å². The maximum atomic E-state index is 11.9. The Morgan fingerprint density at radius 3 is 3.00 bits per heavy atom. The number of nitrogens with zero attached hydrogens (tertiary/aromatic N) is 1. The fourth-order valence-electron chi connectivity index (χ4n) is 1.98. The predicted molar refractivity (Wildman–Crippen MR) is 68.3 cm³/mol. The molecule has 1 aliphatic rings. The van der Waals surface area contributed by atoms with E-state index in [4.69, 9.17) is 10.5 Å². The molecule has 1 amide bonds. The molecule has 100 valence electrons. The van der Waals surface area contributed by atoms with Crippen molar-refractivity contribution in [3.05, 3.63) is 11.8 Å². The number of aromatic amines is 1. The highest BCUT2D eigenvalue weighted by molar-refractivity contribution is 5.93. The fourth-order valence-corrected chi connectivity index (χ4v) is 1.98. The number of nitrogens with two attached hydrogens (primary N) is 1. The van der Waals surface area contributed by atoms with Crippen LogP contribution in [0.3, 0.4) is 0 Å². The van der Waals surface area contributed by atoms with E-state index in [1.807, 2.05) is 6.07 Å². The number of carbonyl (C=O) groups is 1. The third-order valence-electron chi connectivity index (χ3n) is 3.13. The smallest absolute Gasteiger partial charge is 0.254 e. The number of anilines is 1. The van der Waals surface area contributed by atoms with Gasteiger partial charge in [0.15, 0.2) is 5.82 Å². The molecule has 0 radical (unpaired) electrons. The van der Waals surface area contributed by atoms with Crippen LogP contribution < -0.4 is 11.1 Å². The number of H-pyrrole nitrogens is 1. The second-order valence-electron chi connectivity index (χ2n) is 4.91. The summed E-state index contributed by atoms with van der Waals surface area (Å²) in [6.07, 6.45) is 1.16. The molecular formula is C12H20N4O2. The van der Waals surface area contributed by atoms with E-state index in [-0.39, 0.29) is 12.0 Å². The average Bonchev–Trinajstić information content (AvgIpc) is 2.96. The molecule has 18 heavy (non-hydrogen) atoms. The van der Waals surface area contributed by atoms with Gasteiger partial charge in [0.2, 0.25) is 0 Å². The number of ether oxygens (including phenoxy) is 1. The summed E-state index contributed by atoms with van der Waals surface area (Å²) in [4.78, 5) is 11.9. The molecule has 0 bridgehead atoms. The van der Waals surface area contributed by atoms with E-state index in [1.54, 1.807) is 0 Å². The van der Waals surface area contributed by atoms with Gasteiger partial charge in [0.05, 0.1) is 6.10 Å². The summed E-state index contributed by atoms with van der Waals surface area (Å²) in [5.74, 6) is 0.753. The number of carbonyl (C=O) groups excluding carboxylic acids is 1. The van der Waals surface area contributed by atoms with Crippen LogP contribution in [0.5, 0.6) is 0 Å². The summed E-state index contributed by atoms with van der Waals surface area (Å²) in [6, 6.07) is 1.85. The van der Waals surface area contributed by atoms with E-state index < -0.39 is 6.10 Å². The number of aromatic nitrogens is 2. The molecule has 2 heterocycles. The number of nitrogens with one attached hydrogen (secondary N) is 2. The molecule has 1 saturated heterocycles. The van der Waals surface area contributed by atoms with Crippen LogP contribution in [0.1, 0.15) is 38.3 Å². The normalized spacial score (nSPS) is 23.6. The summed E-state index contributed by atoms with van der Waals surface area (Å²) in [5.41, 5.74) is 6.51. The third kappa shape index (κ3) is 2.88. The lowest BCUT2D eigenvalue weighted by molar-refractivity contribution is -0.126. The van der Waals surface area contributed by atoms with Crippen molar-refractivity contribution >= 4 is 11.7 Å². The number of hydrogen-bond acceptors (Lipinski definition) is 4. The van der Waals surface area contributed by atoms with Gasteiger partial charge in [-0.1, -0.05) is 13.8 Å². The number of hydrogen-bond donors (Lipinski definition) is 3. The lowest BCUT2D eigenvalue weighted by atomic mass is 10.1. The zero-order valence-electron chi connectivity index (χ0n) is 10.8. The van der Waals surface area contributed by atoms with Crippen molar-refractivity contribution < 1.29 is 9.53 Å². The van der Waals surface area contributed by atoms with E-state index in [1.165, 1.54) is 0 Å². The Balaban J connectivity index is 1.91. The SMILES string of the molecule is CC(C)c1cc(NC(=O)C2CCC(CN)O2)n[nH]1. The molecule has 1 aromatic rings. The molecule has 6 heteroatoms. The van der Waals surface area contributed by atoms with E-state index in [2.05, 4.69) is 29.4 Å². The van der Waals surface area contributed by atoms with E-state index in [9.17, 15) is 4.79 Å². The molecule has 2 atom stereocenters. The molecule has 2 rings (SSSR count). The molecular weight excluding hydrogens is 232 g/mol. The van der Waals surface area contributed by atoms with Crippen LogP contribution in [0.4, 0.5) is 5.82 Å². The summed E-state index contributed by atoms with van der Waals surface area (Å²) < 4.78 is 5.52. The van der Waals surface area contributed by atoms with Gasteiger partial charge in [-0.15, -0.1) is 0 Å². The van der Waals surface area contributed by atoms with Crippen molar-refractivity contribution in [2.24, 2.45) is 5.73 Å². The lowest BCUT2D eigenvalue weighted by Crippen LogP contribution is -2.29. The van der Waals surface area contributed by atoms with Crippen molar-refractivity contribution in [1.29, 1.82) is 0 Å². The zero-order chi connectivity index (χ0) is 13.1. The quantitative estimate of drug-likeness (QED) is 0.744. The van der Waals surface area contributed by atoms with Gasteiger partial charge in [0.25, 0.3) is 5.91 Å². The highest BCUT2D eigenvalue weighted by Crippen LogP contribution is 2.21. The monoisotopic (exact) mass is 252 g/mol. The summed E-state index contributed by atoms with van der Waals surface area (Å²) >= 11 is 0. The van der Waals surface area contributed by atoms with Gasteiger partial charge >= 0.3 is 0 Å². The van der Waals surface area contributed by atoms with Gasteiger partial charge < -0.3 is 15.8 Å². The zero-order valence-corrected chi connectivity index (χ0v) is 10.8. The molecule has 2 unspecified atom stereocenters. The maximum absolute atomic E-state index is 11.9. The standard InChI is InChI=1S/C12H20N4O2/c1-7(2)9-5-11(16-15-9)14-12(17)10-4-3-8(6-13)18-10/h5,7-8,10H,3-4,6,13H2,1-2H3,(H2,14,15,16,17). The lowest BCUT2D eigenvalue weighted by Gasteiger charge is -2.11. The highest BCUT2D eigenvalue weighted by atomic mass is 16.5. The summed E-state index contributed by atoms with van der Waals surface area (Å²) in [5, 5.41) is 9.70. The van der Waals surface area contributed by atoms with Gasteiger partial charge in [-0.25, -0.2) is 0 Å². The Morgan fingerprint density at radius 2 is 2.44 bits per heavy atom. The summed E-state index contributed by atoms with van der Waals surface area (Å²) in [6.45, 7) is 4.58. The minimum atomic E-state index is -0.405. The van der Waals surface area contributed by atoms with Gasteiger partial charge in [-0.05, 0) is 18.8 Å². The van der Waals surface area contributed by atoms with E-state index in [0.29, 0.717) is 18.3 Å². The first-order valence-electron chi connectivity index (χ1n) is 6.32. The fraction of sp³-hybridized carbons (Fsp3) is 0.667. The first-order valence-corrected chi connectivity index (χ1v) is 6.32. The van der Waals surface area contributed by atoms with Crippen LogP contribution in [0.25, 0.3) is 0 Å². The predicted octanol–water partition coefficient (Wildman–Crippen LogP) is 0.978. The first-order chi connectivity index (χ1) is 8.60. The number of rotatable bonds is 4. The Morgan fingerprint density at radius 1 is 1.67 bits per heavy atom. The van der Waals surface area contributed by atoms with Gasteiger partial charge in [-0.2, -0.15) is 5.10 Å². The topological polar surface area (TPSA) is 93.0 Å². The number of amides is 1. The van der Waals surface area contributed by atoms with Crippen LogP contribution in [0, 0.1) is 0 Å². The molecule has 6 nitrogen and oxygen atoms in total. The van der Waals surface area contributed by atoms with Crippen LogP contribution in [0.2, 0.25) is 0 Å². The molecule has 1 fully saturated rings. The molecule has 0 spiro atoms. The maximum Gasteiger partial charge on any atom is 0.254 e. The summed E-state index contributed by atoms with van der Waals surface area (Å²) in [7, 11) is 0. The highest BCUT2D eigenvalue weighted by Gasteiger charge is 2.30. The van der Waals surface area contributed by atoms with Crippen molar-refractivity contribution in [2.75, 3.05) is 11.9 Å². The molecule has 1 aromatic heterocycles. The van der Waals surface area contributed by atoms with Gasteiger partial charge in [0.1, 0.15) is 6.10 Å². The van der Waals surface area contributed by atoms with Crippen LogP contribution in [0.15, 0.2) is 6.07 Å². The molecule has 1 aliphatic heterocycles. The Labute approximate surface area is 106 Å². The van der Waals surface area contributed by atoms with Crippen LogP contribution in [-0.4, -0.2) is 34.9 Å². The molecule has 4 N–H and O–H groups in total. The largest absolute Gasteiger partial charge is 0.364 e. The van der Waals surface area contributed by atoms with Crippen molar-refractivity contribution in [3.8, 4) is 0 Å². The van der Waals surface area contributed by atoms with Crippen LogP contribution in [-0.2, 0) is 9.53 Å². The third-order valence-corrected chi connectivity index (χ3v) is 3.13. The minimum Gasteiger partial charge on any atom is -0.364 e. The molecule has 0 saturated carbocycles. The molecule has 0 aromatic carbocycles. The first kappa shape index (κ1) is 13.0. The molecule has 0 aliphatic carbocycles. The Kier molecular flexibility index (Phi) is 3.98. The van der Waals surface area contributed by atoms with Crippen molar-refractivity contribution in [3.63, 3.8) is 0 Å². The average molecular weight is 252 g/mol. The van der Waals surface area contributed by atoms with Crippen LogP contribution >= 0.6 is 0 Å². The van der Waals surface area contributed by atoms with Gasteiger partial charge in [-0.3, -0.25) is 9.89 Å². The van der Waals surface area contributed by atoms with E-state index in [0.717, 1.165) is 18.5 Å². The van der Waals surface area contributed by atoms with Crippen molar-refractivity contribution in [2.45, 2.75) is 44.8 Å². The van der Waals surface area contributed by atoms with E-state index >= 15 is 0 Å².